The Morgan fingerprint density at radius 3 is 2.02 bits per heavy atom. The van der Waals surface area contributed by atoms with Gasteiger partial charge in [0.05, 0.1) is 25.4 Å². The average molecular weight is 523 g/mol. The molecule has 1 atom stereocenters. The van der Waals surface area contributed by atoms with E-state index in [0.717, 1.165) is 34.1 Å². The van der Waals surface area contributed by atoms with Crippen molar-refractivity contribution >= 4 is 43.7 Å². The number of hydrogen-bond donors (Lipinski definition) is 1. The number of ether oxygens (including phenoxy) is 2. The molecular weight excluding hydrogens is 492 g/mol. The lowest BCUT2D eigenvalue weighted by Crippen LogP contribution is -2.38. The van der Waals surface area contributed by atoms with Crippen LogP contribution < -0.4 is 20.1 Å². The molecule has 0 bridgehead atoms. The summed E-state index contributed by atoms with van der Waals surface area (Å²) in [6.45, 7) is 0. The number of nitrogens with zero attached hydrogens (tertiary/aromatic N) is 1. The Balaban J connectivity index is 1.44. The highest BCUT2D eigenvalue weighted by Crippen LogP contribution is 2.45. The third-order valence-electron chi connectivity index (χ3n) is 8.13. The second-order valence-electron chi connectivity index (χ2n) is 10.4. The first-order valence-electron chi connectivity index (χ1n) is 13.5. The van der Waals surface area contributed by atoms with Crippen LogP contribution in [0.15, 0.2) is 127 Å². The van der Waals surface area contributed by atoms with Gasteiger partial charge in [0.25, 0.3) is 0 Å². The van der Waals surface area contributed by atoms with Crippen molar-refractivity contribution in [2.75, 3.05) is 19.1 Å². The normalized spacial score (nSPS) is 16.9. The van der Waals surface area contributed by atoms with Crippen molar-refractivity contribution < 1.29 is 9.47 Å². The molecule has 0 spiro atoms. The summed E-state index contributed by atoms with van der Waals surface area (Å²) in [6, 6.07) is 36.2. The number of rotatable bonds is 6. The largest absolute Gasteiger partial charge is 0.497 e. The summed E-state index contributed by atoms with van der Waals surface area (Å²) >= 11 is 0. The van der Waals surface area contributed by atoms with Crippen LogP contribution in [0.5, 0.6) is 11.5 Å². The lowest BCUT2D eigenvalue weighted by atomic mass is 9.82. The highest BCUT2D eigenvalue weighted by molar-refractivity contribution is 6.26. The fourth-order valence-electron chi connectivity index (χ4n) is 6.12. The van der Waals surface area contributed by atoms with Crippen molar-refractivity contribution in [3.8, 4) is 11.5 Å². The van der Waals surface area contributed by atoms with E-state index in [1.165, 1.54) is 32.3 Å². The van der Waals surface area contributed by atoms with Crippen LogP contribution in [0.1, 0.15) is 12.0 Å². The van der Waals surface area contributed by atoms with Gasteiger partial charge in [-0.15, -0.1) is 0 Å². The van der Waals surface area contributed by atoms with Crippen LogP contribution in [-0.4, -0.2) is 14.2 Å². The summed E-state index contributed by atoms with van der Waals surface area (Å²) in [4.78, 5) is 2.36. The second-order valence-corrected chi connectivity index (χ2v) is 10.4. The highest BCUT2D eigenvalue weighted by Gasteiger charge is 2.31. The standard InChI is InChI=1S/C36H30N2O2/c1-39-30-17-13-27(14-18-30)36(37)21-5-9-29(23-36)38(28-15-19-31(40-2)20-16-28)33-22-26-8-3-6-24-11-12-25-7-4-10-32(33)35(25)34(24)26/h3-22H,23,37H2,1-2H3. The number of allylic oxidation sites excluding steroid dienone is 2. The van der Waals surface area contributed by atoms with E-state index in [2.05, 4.69) is 102 Å². The minimum atomic E-state index is -0.666. The molecule has 1 aliphatic carbocycles. The topological polar surface area (TPSA) is 47.7 Å². The average Bonchev–Trinajstić information content (AvgIpc) is 3.01. The Bertz CT molecular complexity index is 1900. The quantitative estimate of drug-likeness (QED) is 0.223. The maximum atomic E-state index is 7.13. The molecule has 4 heteroatoms. The number of anilines is 2. The molecular formula is C36H30N2O2. The molecule has 0 fully saturated rings. The second kappa shape index (κ2) is 9.44. The van der Waals surface area contributed by atoms with Crippen molar-refractivity contribution in [2.45, 2.75) is 12.0 Å². The fraction of sp³-hybridized carbons (Fsp3) is 0.111. The first-order valence-corrected chi connectivity index (χ1v) is 13.5. The fourth-order valence-corrected chi connectivity index (χ4v) is 6.12. The first-order chi connectivity index (χ1) is 19.6. The van der Waals surface area contributed by atoms with Crippen LogP contribution in [0.3, 0.4) is 0 Å². The molecule has 0 radical (unpaired) electrons. The lowest BCUT2D eigenvalue weighted by molar-refractivity contribution is 0.414. The summed E-state index contributed by atoms with van der Waals surface area (Å²) in [5.74, 6) is 1.64. The number of methoxy groups -OCH3 is 2. The molecule has 0 aromatic heterocycles. The first kappa shape index (κ1) is 24.3. The summed E-state index contributed by atoms with van der Waals surface area (Å²) in [7, 11) is 3.37. The van der Waals surface area contributed by atoms with Gasteiger partial charge in [-0.05, 0) is 81.0 Å². The third-order valence-corrected chi connectivity index (χ3v) is 8.13. The zero-order valence-corrected chi connectivity index (χ0v) is 22.6. The van der Waals surface area contributed by atoms with E-state index in [-0.39, 0.29) is 0 Å². The molecule has 4 nitrogen and oxygen atoms in total. The Hall–Kier alpha value is -4.80. The zero-order chi connectivity index (χ0) is 27.3. The molecule has 6 aromatic rings. The molecule has 0 heterocycles. The van der Waals surface area contributed by atoms with Crippen molar-refractivity contribution in [3.63, 3.8) is 0 Å². The van der Waals surface area contributed by atoms with E-state index in [1.807, 2.05) is 24.3 Å². The number of hydrogen-bond acceptors (Lipinski definition) is 4. The van der Waals surface area contributed by atoms with Gasteiger partial charge in [0.2, 0.25) is 0 Å². The molecule has 196 valence electrons. The Morgan fingerprint density at radius 2 is 1.32 bits per heavy atom. The maximum Gasteiger partial charge on any atom is 0.119 e. The summed E-state index contributed by atoms with van der Waals surface area (Å²) in [5.41, 5.74) is 10.8. The Labute approximate surface area is 233 Å². The molecule has 0 aliphatic heterocycles. The summed E-state index contributed by atoms with van der Waals surface area (Å²) in [5, 5.41) is 7.51. The van der Waals surface area contributed by atoms with Crippen LogP contribution in [0.2, 0.25) is 0 Å². The number of nitrogens with two attached hydrogens (primary N) is 1. The van der Waals surface area contributed by atoms with Gasteiger partial charge >= 0.3 is 0 Å². The molecule has 7 rings (SSSR count). The molecule has 40 heavy (non-hydrogen) atoms. The molecule has 6 aromatic carbocycles. The number of benzene rings is 6. The predicted molar refractivity (Wildman–Crippen MR) is 166 cm³/mol. The Morgan fingerprint density at radius 1 is 0.700 bits per heavy atom. The van der Waals surface area contributed by atoms with Gasteiger partial charge in [-0.25, -0.2) is 0 Å². The van der Waals surface area contributed by atoms with Gasteiger partial charge in [0.1, 0.15) is 11.5 Å². The van der Waals surface area contributed by atoms with E-state index >= 15 is 0 Å². The van der Waals surface area contributed by atoms with Crippen molar-refractivity contribution in [1.29, 1.82) is 0 Å². The molecule has 1 aliphatic rings. The van der Waals surface area contributed by atoms with Crippen LogP contribution in [0.25, 0.3) is 32.3 Å². The smallest absolute Gasteiger partial charge is 0.119 e. The van der Waals surface area contributed by atoms with E-state index < -0.39 is 5.54 Å². The highest BCUT2D eigenvalue weighted by atomic mass is 16.5. The summed E-state index contributed by atoms with van der Waals surface area (Å²) < 4.78 is 10.9. The minimum Gasteiger partial charge on any atom is -0.497 e. The predicted octanol–water partition coefficient (Wildman–Crippen LogP) is 8.44. The molecule has 1 unspecified atom stereocenters. The maximum absolute atomic E-state index is 7.13. The van der Waals surface area contributed by atoms with E-state index in [9.17, 15) is 0 Å². The summed E-state index contributed by atoms with van der Waals surface area (Å²) in [6.07, 6.45) is 6.98. The zero-order valence-electron chi connectivity index (χ0n) is 22.6. The van der Waals surface area contributed by atoms with Crippen LogP contribution in [-0.2, 0) is 5.54 Å². The van der Waals surface area contributed by atoms with E-state index in [4.69, 9.17) is 15.2 Å². The van der Waals surface area contributed by atoms with Gasteiger partial charge < -0.3 is 20.1 Å². The monoisotopic (exact) mass is 522 g/mol. The molecule has 2 N–H and O–H groups in total. The molecule has 0 saturated carbocycles. The van der Waals surface area contributed by atoms with E-state index in [1.54, 1.807) is 14.2 Å². The van der Waals surface area contributed by atoms with Crippen LogP contribution >= 0.6 is 0 Å². The van der Waals surface area contributed by atoms with E-state index in [0.29, 0.717) is 6.42 Å². The molecule has 0 amide bonds. The van der Waals surface area contributed by atoms with Gasteiger partial charge in [0.15, 0.2) is 0 Å². The van der Waals surface area contributed by atoms with Gasteiger partial charge in [-0.3, -0.25) is 0 Å². The third kappa shape index (κ3) is 3.88. The van der Waals surface area contributed by atoms with Gasteiger partial charge in [-0.2, -0.15) is 0 Å². The van der Waals surface area contributed by atoms with Crippen LogP contribution in [0.4, 0.5) is 11.4 Å². The van der Waals surface area contributed by atoms with Crippen LogP contribution in [0, 0.1) is 0 Å². The van der Waals surface area contributed by atoms with Crippen molar-refractivity contribution in [1.82, 2.24) is 0 Å². The lowest BCUT2D eigenvalue weighted by Gasteiger charge is -2.37. The minimum absolute atomic E-state index is 0.626. The van der Waals surface area contributed by atoms with Gasteiger partial charge in [-0.1, -0.05) is 72.8 Å². The van der Waals surface area contributed by atoms with Crippen molar-refractivity contribution in [2.24, 2.45) is 5.73 Å². The SMILES string of the molecule is COc1ccc(N(C2=CC=CC(N)(c3ccc(OC)cc3)C2)c2cc3cccc4ccc5cccc2c5c43)cc1. The van der Waals surface area contributed by atoms with Crippen molar-refractivity contribution in [3.05, 3.63) is 133 Å². The molecule has 0 saturated heterocycles. The van der Waals surface area contributed by atoms with Gasteiger partial charge in [0, 0.05) is 23.2 Å². The Kier molecular flexibility index (Phi) is 5.72.